The second-order valence-corrected chi connectivity index (χ2v) is 8.55. The van der Waals surface area contributed by atoms with Crippen LogP contribution in [-0.2, 0) is 10.0 Å². The monoisotopic (exact) mass is 463 g/mol. The van der Waals surface area contributed by atoms with Crippen molar-refractivity contribution >= 4 is 33.1 Å². The van der Waals surface area contributed by atoms with Crippen LogP contribution in [-0.4, -0.2) is 29.0 Å². The van der Waals surface area contributed by atoms with E-state index in [0.29, 0.717) is 11.4 Å². The average Bonchev–Trinajstić information content (AvgIpc) is 3.28. The SMILES string of the molecule is O=C(Nc1ccn(-c2ccccc2)n1)c1ccc(NS(=O)(=O)c2cccc([N+](=O)[O-])c2)cc1. The first kappa shape index (κ1) is 21.7. The Morgan fingerprint density at radius 2 is 1.67 bits per heavy atom. The standard InChI is InChI=1S/C22H17N5O5S/c28-22(23-21-13-14-26(24-21)18-5-2-1-3-6-18)16-9-11-17(12-10-16)25-33(31,32)20-8-4-7-19(15-20)27(29)30/h1-15,25H,(H,23,24,28). The number of amides is 1. The zero-order valence-electron chi connectivity index (χ0n) is 17.0. The number of nitro benzene ring substituents is 1. The lowest BCUT2D eigenvalue weighted by Crippen LogP contribution is -2.14. The summed E-state index contributed by atoms with van der Waals surface area (Å²) in [7, 11) is -4.04. The second-order valence-electron chi connectivity index (χ2n) is 6.87. The summed E-state index contributed by atoms with van der Waals surface area (Å²) >= 11 is 0. The summed E-state index contributed by atoms with van der Waals surface area (Å²) in [5.74, 6) is -0.0549. The van der Waals surface area contributed by atoms with Crippen LogP contribution in [0.15, 0.2) is 96.0 Å². The predicted molar refractivity (Wildman–Crippen MR) is 122 cm³/mol. The van der Waals surface area contributed by atoms with Gasteiger partial charge in [0.15, 0.2) is 5.82 Å². The molecular weight excluding hydrogens is 446 g/mol. The number of nitrogens with zero attached hydrogens (tertiary/aromatic N) is 3. The summed E-state index contributed by atoms with van der Waals surface area (Å²) in [5, 5.41) is 17.9. The molecule has 0 bridgehead atoms. The van der Waals surface area contributed by atoms with Gasteiger partial charge >= 0.3 is 0 Å². The number of aromatic nitrogens is 2. The van der Waals surface area contributed by atoms with Crippen LogP contribution in [0.25, 0.3) is 5.69 Å². The topological polar surface area (TPSA) is 136 Å². The molecule has 0 fully saturated rings. The van der Waals surface area contributed by atoms with Crippen molar-refractivity contribution in [1.29, 1.82) is 0 Å². The lowest BCUT2D eigenvalue weighted by molar-refractivity contribution is -0.385. The van der Waals surface area contributed by atoms with Crippen LogP contribution in [0, 0.1) is 10.1 Å². The van der Waals surface area contributed by atoms with Crippen molar-refractivity contribution in [3.8, 4) is 5.69 Å². The van der Waals surface area contributed by atoms with Crippen LogP contribution in [0.4, 0.5) is 17.2 Å². The third kappa shape index (κ3) is 5.05. The van der Waals surface area contributed by atoms with Crippen LogP contribution >= 0.6 is 0 Å². The van der Waals surface area contributed by atoms with E-state index in [0.717, 1.165) is 11.8 Å². The Morgan fingerprint density at radius 1 is 0.939 bits per heavy atom. The Balaban J connectivity index is 1.44. The molecular formula is C22H17N5O5S. The van der Waals surface area contributed by atoms with Crippen LogP contribution in [0.1, 0.15) is 10.4 Å². The fourth-order valence-electron chi connectivity index (χ4n) is 2.97. The maximum atomic E-state index is 12.5. The molecule has 33 heavy (non-hydrogen) atoms. The van der Waals surface area contributed by atoms with Gasteiger partial charge < -0.3 is 5.32 Å². The smallest absolute Gasteiger partial charge is 0.270 e. The maximum absolute atomic E-state index is 12.5. The lowest BCUT2D eigenvalue weighted by Gasteiger charge is -2.09. The highest BCUT2D eigenvalue weighted by Crippen LogP contribution is 2.21. The first-order chi connectivity index (χ1) is 15.8. The average molecular weight is 463 g/mol. The molecule has 0 atom stereocenters. The van der Waals surface area contributed by atoms with E-state index in [2.05, 4.69) is 15.1 Å². The maximum Gasteiger partial charge on any atom is 0.270 e. The number of carbonyl (C=O) groups is 1. The molecule has 0 aliphatic carbocycles. The molecule has 1 aromatic heterocycles. The van der Waals surface area contributed by atoms with Crippen molar-refractivity contribution < 1.29 is 18.1 Å². The first-order valence-corrected chi connectivity index (χ1v) is 11.1. The molecule has 166 valence electrons. The molecule has 4 rings (SSSR count). The number of para-hydroxylation sites is 1. The van der Waals surface area contributed by atoms with E-state index in [1.54, 1.807) is 16.9 Å². The summed E-state index contributed by atoms with van der Waals surface area (Å²) in [4.78, 5) is 22.5. The molecule has 0 saturated carbocycles. The molecule has 0 aliphatic rings. The van der Waals surface area contributed by atoms with E-state index in [-0.39, 0.29) is 16.3 Å². The summed E-state index contributed by atoms with van der Waals surface area (Å²) in [6.45, 7) is 0. The van der Waals surface area contributed by atoms with Crippen LogP contribution in [0.5, 0.6) is 0 Å². The van der Waals surface area contributed by atoms with Gasteiger partial charge in [0.25, 0.3) is 21.6 Å². The Hall–Kier alpha value is -4.51. The third-order valence-corrected chi connectivity index (χ3v) is 5.97. The first-order valence-electron chi connectivity index (χ1n) is 9.62. The number of anilines is 2. The molecule has 0 unspecified atom stereocenters. The van der Waals surface area contributed by atoms with Gasteiger partial charge in [0, 0.05) is 35.6 Å². The Bertz CT molecular complexity index is 1420. The van der Waals surface area contributed by atoms with E-state index in [1.807, 2.05) is 30.3 Å². The number of rotatable bonds is 7. The van der Waals surface area contributed by atoms with Crippen LogP contribution in [0.2, 0.25) is 0 Å². The molecule has 0 radical (unpaired) electrons. The van der Waals surface area contributed by atoms with Gasteiger partial charge in [-0.15, -0.1) is 0 Å². The van der Waals surface area contributed by atoms with E-state index >= 15 is 0 Å². The third-order valence-electron chi connectivity index (χ3n) is 4.59. The minimum Gasteiger partial charge on any atom is -0.305 e. The number of carbonyl (C=O) groups excluding carboxylic acids is 1. The molecule has 11 heteroatoms. The van der Waals surface area contributed by atoms with Gasteiger partial charge in [-0.1, -0.05) is 24.3 Å². The Kier molecular flexibility index (Phi) is 5.87. The minimum absolute atomic E-state index is 0.200. The number of non-ortho nitro benzene ring substituents is 1. The highest BCUT2D eigenvalue weighted by Gasteiger charge is 2.18. The van der Waals surface area contributed by atoms with Crippen molar-refractivity contribution in [1.82, 2.24) is 9.78 Å². The van der Waals surface area contributed by atoms with Crippen molar-refractivity contribution in [3.05, 3.63) is 107 Å². The van der Waals surface area contributed by atoms with Crippen LogP contribution < -0.4 is 10.0 Å². The summed E-state index contributed by atoms with van der Waals surface area (Å²) in [6, 6.07) is 21.5. The van der Waals surface area contributed by atoms with Gasteiger partial charge in [0.05, 0.1) is 15.5 Å². The summed E-state index contributed by atoms with van der Waals surface area (Å²) < 4.78 is 29.0. The van der Waals surface area contributed by atoms with E-state index in [4.69, 9.17) is 0 Å². The highest BCUT2D eigenvalue weighted by atomic mass is 32.2. The number of nitrogens with one attached hydrogen (secondary N) is 2. The van der Waals surface area contributed by atoms with Crippen molar-refractivity contribution in [2.45, 2.75) is 4.90 Å². The highest BCUT2D eigenvalue weighted by molar-refractivity contribution is 7.92. The summed E-state index contributed by atoms with van der Waals surface area (Å²) in [6.07, 6.45) is 1.72. The fraction of sp³-hybridized carbons (Fsp3) is 0. The number of benzene rings is 3. The van der Waals surface area contributed by atoms with Gasteiger partial charge in [0.2, 0.25) is 0 Å². The molecule has 0 saturated heterocycles. The van der Waals surface area contributed by atoms with Crippen molar-refractivity contribution in [3.63, 3.8) is 0 Å². The van der Waals surface area contributed by atoms with E-state index < -0.39 is 20.9 Å². The Labute approximate surface area is 188 Å². The van der Waals surface area contributed by atoms with Gasteiger partial charge in [-0.05, 0) is 42.5 Å². The quantitative estimate of drug-likeness (QED) is 0.316. The minimum atomic E-state index is -4.04. The number of hydrogen-bond donors (Lipinski definition) is 2. The number of sulfonamides is 1. The lowest BCUT2D eigenvalue weighted by atomic mass is 10.2. The molecule has 10 nitrogen and oxygen atoms in total. The van der Waals surface area contributed by atoms with E-state index in [1.165, 1.54) is 42.5 Å². The molecule has 3 aromatic carbocycles. The molecule has 4 aromatic rings. The predicted octanol–water partition coefficient (Wildman–Crippen LogP) is 3.83. The van der Waals surface area contributed by atoms with Crippen molar-refractivity contribution in [2.75, 3.05) is 10.0 Å². The zero-order valence-corrected chi connectivity index (χ0v) is 17.8. The van der Waals surface area contributed by atoms with Gasteiger partial charge in [-0.25, -0.2) is 13.1 Å². The molecule has 1 amide bonds. The number of hydrogen-bond acceptors (Lipinski definition) is 6. The van der Waals surface area contributed by atoms with Gasteiger partial charge in [-0.2, -0.15) is 5.10 Å². The van der Waals surface area contributed by atoms with Gasteiger partial charge in [-0.3, -0.25) is 19.6 Å². The molecule has 2 N–H and O–H groups in total. The Morgan fingerprint density at radius 3 is 2.36 bits per heavy atom. The van der Waals surface area contributed by atoms with Crippen molar-refractivity contribution in [2.24, 2.45) is 0 Å². The van der Waals surface area contributed by atoms with E-state index in [9.17, 15) is 23.3 Å². The molecule has 0 aliphatic heterocycles. The van der Waals surface area contributed by atoms with Crippen LogP contribution in [0.3, 0.4) is 0 Å². The summed E-state index contributed by atoms with van der Waals surface area (Å²) in [5.41, 5.74) is 1.01. The largest absolute Gasteiger partial charge is 0.305 e. The number of nitro groups is 1. The second kappa shape index (κ2) is 8.93. The zero-order chi connectivity index (χ0) is 23.4. The molecule has 1 heterocycles. The normalized spacial score (nSPS) is 11.0. The molecule has 0 spiro atoms. The fourth-order valence-corrected chi connectivity index (χ4v) is 4.07. The van der Waals surface area contributed by atoms with Gasteiger partial charge in [0.1, 0.15) is 0 Å².